The molecule has 19 heavy (non-hydrogen) atoms. The van der Waals surface area contributed by atoms with Crippen molar-refractivity contribution in [2.75, 3.05) is 11.4 Å². The summed E-state index contributed by atoms with van der Waals surface area (Å²) in [5.41, 5.74) is 1.98. The Morgan fingerprint density at radius 2 is 2.05 bits per heavy atom. The van der Waals surface area contributed by atoms with Crippen LogP contribution >= 0.6 is 23.2 Å². The summed E-state index contributed by atoms with van der Waals surface area (Å²) in [7, 11) is 0. The highest BCUT2D eigenvalue weighted by molar-refractivity contribution is 6.35. The lowest BCUT2D eigenvalue weighted by atomic mass is 10.0. The van der Waals surface area contributed by atoms with Gasteiger partial charge in [0.15, 0.2) is 0 Å². The maximum atomic E-state index is 6.16. The van der Waals surface area contributed by atoms with Gasteiger partial charge in [-0.1, -0.05) is 11.6 Å². The van der Waals surface area contributed by atoms with Crippen molar-refractivity contribution in [3.63, 3.8) is 0 Å². The molecule has 1 aromatic carbocycles. The SMILES string of the molecule is CC1CCCCN1c1ccc2nc(Cl)nc(Cl)c2c1. The Morgan fingerprint density at radius 1 is 1.21 bits per heavy atom. The third kappa shape index (κ3) is 2.49. The van der Waals surface area contributed by atoms with E-state index >= 15 is 0 Å². The van der Waals surface area contributed by atoms with Crippen LogP contribution < -0.4 is 4.90 Å². The molecule has 0 amide bonds. The Labute approximate surface area is 122 Å². The summed E-state index contributed by atoms with van der Waals surface area (Å²) in [5, 5.41) is 1.47. The molecule has 0 spiro atoms. The third-order valence-corrected chi connectivity index (χ3v) is 4.20. The number of anilines is 1. The molecule has 100 valence electrons. The Hall–Kier alpha value is -1.06. The molecule has 0 aliphatic carbocycles. The average molecular weight is 296 g/mol. The minimum absolute atomic E-state index is 0.191. The quantitative estimate of drug-likeness (QED) is 0.580. The smallest absolute Gasteiger partial charge is 0.224 e. The lowest BCUT2D eigenvalue weighted by Gasteiger charge is -2.35. The molecule has 1 saturated heterocycles. The van der Waals surface area contributed by atoms with Crippen LogP contribution in [0.4, 0.5) is 5.69 Å². The fourth-order valence-electron chi connectivity index (χ4n) is 2.71. The molecule has 1 atom stereocenters. The zero-order valence-corrected chi connectivity index (χ0v) is 12.2. The van der Waals surface area contributed by atoms with E-state index in [0.717, 1.165) is 17.4 Å². The van der Waals surface area contributed by atoms with E-state index in [2.05, 4.69) is 33.9 Å². The molecule has 1 aliphatic rings. The van der Waals surface area contributed by atoms with Crippen molar-refractivity contribution >= 4 is 39.8 Å². The number of halogens is 2. The number of fused-ring (bicyclic) bond motifs is 1. The zero-order valence-electron chi connectivity index (χ0n) is 10.7. The molecule has 1 unspecified atom stereocenters. The van der Waals surface area contributed by atoms with Crippen LogP contribution in [-0.2, 0) is 0 Å². The monoisotopic (exact) mass is 295 g/mol. The molecule has 3 nitrogen and oxygen atoms in total. The van der Waals surface area contributed by atoms with Crippen molar-refractivity contribution in [3.8, 4) is 0 Å². The predicted octanol–water partition coefficient (Wildman–Crippen LogP) is 4.32. The van der Waals surface area contributed by atoms with Gasteiger partial charge in [0.05, 0.1) is 5.52 Å². The summed E-state index contributed by atoms with van der Waals surface area (Å²) in [6, 6.07) is 6.68. The van der Waals surface area contributed by atoms with Crippen LogP contribution in [0.3, 0.4) is 0 Å². The normalized spacial score (nSPS) is 19.9. The van der Waals surface area contributed by atoms with Crippen molar-refractivity contribution in [3.05, 3.63) is 28.6 Å². The molecular formula is C14H15Cl2N3. The molecule has 1 fully saturated rings. The van der Waals surface area contributed by atoms with Gasteiger partial charge in [0.2, 0.25) is 5.28 Å². The van der Waals surface area contributed by atoms with Crippen LogP contribution in [0.15, 0.2) is 18.2 Å². The maximum Gasteiger partial charge on any atom is 0.224 e. The first-order valence-corrected chi connectivity index (χ1v) is 7.30. The number of benzene rings is 1. The van der Waals surface area contributed by atoms with E-state index in [0.29, 0.717) is 11.2 Å². The van der Waals surface area contributed by atoms with E-state index in [1.54, 1.807) is 0 Å². The third-order valence-electron chi connectivity index (χ3n) is 3.74. The van der Waals surface area contributed by atoms with Crippen molar-refractivity contribution in [2.45, 2.75) is 32.2 Å². The highest BCUT2D eigenvalue weighted by Crippen LogP contribution is 2.30. The lowest BCUT2D eigenvalue weighted by Crippen LogP contribution is -2.37. The Kier molecular flexibility index (Phi) is 3.50. The van der Waals surface area contributed by atoms with E-state index in [9.17, 15) is 0 Å². The second-order valence-corrected chi connectivity index (χ2v) is 5.72. The van der Waals surface area contributed by atoms with Crippen molar-refractivity contribution in [1.29, 1.82) is 0 Å². The van der Waals surface area contributed by atoms with Gasteiger partial charge in [-0.15, -0.1) is 0 Å². The molecule has 2 heterocycles. The van der Waals surface area contributed by atoms with Gasteiger partial charge in [-0.25, -0.2) is 9.97 Å². The number of nitrogens with zero attached hydrogens (tertiary/aromatic N) is 3. The van der Waals surface area contributed by atoms with Crippen LogP contribution in [0.2, 0.25) is 10.4 Å². The van der Waals surface area contributed by atoms with Gasteiger partial charge in [0.1, 0.15) is 5.15 Å². The standard InChI is InChI=1S/C14H15Cl2N3/c1-9-4-2-3-7-19(9)10-5-6-12-11(8-10)13(15)18-14(16)17-12/h5-6,8-9H,2-4,7H2,1H3. The van der Waals surface area contributed by atoms with Gasteiger partial charge in [-0.2, -0.15) is 0 Å². The van der Waals surface area contributed by atoms with E-state index < -0.39 is 0 Å². The van der Waals surface area contributed by atoms with E-state index in [1.807, 2.05) is 6.07 Å². The van der Waals surface area contributed by atoms with Crippen molar-refractivity contribution < 1.29 is 0 Å². The number of piperidine rings is 1. The Bertz CT molecular complexity index is 615. The molecule has 1 aliphatic heterocycles. The molecular weight excluding hydrogens is 281 g/mol. The van der Waals surface area contributed by atoms with E-state index in [1.165, 1.54) is 24.9 Å². The van der Waals surface area contributed by atoms with Gasteiger partial charge in [0.25, 0.3) is 0 Å². The number of rotatable bonds is 1. The molecule has 0 saturated carbocycles. The predicted molar refractivity (Wildman–Crippen MR) is 80.2 cm³/mol. The van der Waals surface area contributed by atoms with Crippen molar-refractivity contribution in [1.82, 2.24) is 9.97 Å². The van der Waals surface area contributed by atoms with Crippen LogP contribution in [0.5, 0.6) is 0 Å². The molecule has 3 rings (SSSR count). The summed E-state index contributed by atoms with van der Waals surface area (Å²) in [4.78, 5) is 10.6. The fourth-order valence-corrected chi connectivity index (χ4v) is 3.16. The second-order valence-electron chi connectivity index (χ2n) is 5.02. The van der Waals surface area contributed by atoms with Gasteiger partial charge < -0.3 is 4.90 Å². The maximum absolute atomic E-state index is 6.16. The van der Waals surface area contributed by atoms with Crippen LogP contribution in [-0.4, -0.2) is 22.6 Å². The Balaban J connectivity index is 2.06. The van der Waals surface area contributed by atoms with Crippen LogP contribution in [0.1, 0.15) is 26.2 Å². The minimum atomic E-state index is 0.191. The molecule has 0 N–H and O–H groups in total. The van der Waals surface area contributed by atoms with Crippen LogP contribution in [0.25, 0.3) is 10.9 Å². The zero-order chi connectivity index (χ0) is 13.4. The average Bonchev–Trinajstić information content (AvgIpc) is 2.39. The van der Waals surface area contributed by atoms with Gasteiger partial charge in [-0.3, -0.25) is 0 Å². The summed E-state index contributed by atoms with van der Waals surface area (Å²) < 4.78 is 0. The topological polar surface area (TPSA) is 29.0 Å². The van der Waals surface area contributed by atoms with E-state index in [-0.39, 0.29) is 5.28 Å². The molecule has 0 radical (unpaired) electrons. The first-order chi connectivity index (χ1) is 9.15. The first-order valence-electron chi connectivity index (χ1n) is 6.54. The number of aromatic nitrogens is 2. The number of hydrogen-bond donors (Lipinski definition) is 0. The summed E-state index contributed by atoms with van der Waals surface area (Å²) >= 11 is 12.0. The van der Waals surface area contributed by atoms with Crippen LogP contribution in [0, 0.1) is 0 Å². The molecule has 2 aromatic rings. The fraction of sp³-hybridized carbons (Fsp3) is 0.429. The lowest BCUT2D eigenvalue weighted by molar-refractivity contribution is 0.485. The molecule has 5 heteroatoms. The summed E-state index contributed by atoms with van der Waals surface area (Å²) in [6.45, 7) is 3.36. The minimum Gasteiger partial charge on any atom is -0.369 e. The Morgan fingerprint density at radius 3 is 2.84 bits per heavy atom. The highest BCUT2D eigenvalue weighted by atomic mass is 35.5. The first kappa shape index (κ1) is 12.9. The largest absolute Gasteiger partial charge is 0.369 e. The second kappa shape index (κ2) is 5.14. The van der Waals surface area contributed by atoms with E-state index in [4.69, 9.17) is 23.2 Å². The van der Waals surface area contributed by atoms with Gasteiger partial charge in [-0.05, 0) is 56.0 Å². The molecule has 1 aromatic heterocycles. The van der Waals surface area contributed by atoms with Gasteiger partial charge >= 0.3 is 0 Å². The highest BCUT2D eigenvalue weighted by Gasteiger charge is 2.19. The van der Waals surface area contributed by atoms with Crippen molar-refractivity contribution in [2.24, 2.45) is 0 Å². The van der Waals surface area contributed by atoms with Gasteiger partial charge in [0, 0.05) is 23.7 Å². The summed E-state index contributed by atoms with van der Waals surface area (Å²) in [5.74, 6) is 0. The number of hydrogen-bond acceptors (Lipinski definition) is 3. The summed E-state index contributed by atoms with van der Waals surface area (Å²) in [6.07, 6.45) is 3.79. The molecule has 0 bridgehead atoms.